The molecule has 1 aliphatic rings. The zero-order chi connectivity index (χ0) is 34.8. The number of amides is 2. The lowest BCUT2D eigenvalue weighted by atomic mass is 9.88. The molecule has 0 bridgehead atoms. The number of carbonyl (C=O) groups excluding carboxylic acids is 2. The Labute approximate surface area is 309 Å². The molecular formula is C39H42Cl4N4O2. The molecule has 4 aromatic carbocycles. The van der Waals surface area contributed by atoms with Crippen LogP contribution < -0.4 is 5.73 Å². The van der Waals surface area contributed by atoms with Crippen LogP contribution in [0.15, 0.2) is 97.1 Å². The van der Waals surface area contributed by atoms with Gasteiger partial charge in [-0.2, -0.15) is 0 Å². The van der Waals surface area contributed by atoms with Crippen LogP contribution in [0.25, 0.3) is 0 Å². The molecule has 0 spiro atoms. The lowest BCUT2D eigenvalue weighted by Gasteiger charge is -2.42. The summed E-state index contributed by atoms with van der Waals surface area (Å²) in [4.78, 5) is 32.5. The minimum atomic E-state index is -0.550. The SMILES string of the molecule is NC(=O)CN(CCc1ccc(Cl)cc1Cl)C(=O)CC1CN(CCc2ccc(Cl)cc2Cl)CCN1CCC(c1ccccc1)c1ccccc1. The molecule has 0 aliphatic carbocycles. The van der Waals surface area contributed by atoms with E-state index in [0.29, 0.717) is 39.6 Å². The summed E-state index contributed by atoms with van der Waals surface area (Å²) in [5.74, 6) is -0.436. The van der Waals surface area contributed by atoms with Gasteiger partial charge in [-0.15, -0.1) is 0 Å². The van der Waals surface area contributed by atoms with E-state index >= 15 is 0 Å². The van der Waals surface area contributed by atoms with Crippen LogP contribution >= 0.6 is 46.4 Å². The number of benzene rings is 4. The van der Waals surface area contributed by atoms with E-state index in [4.69, 9.17) is 52.1 Å². The van der Waals surface area contributed by atoms with E-state index in [9.17, 15) is 9.59 Å². The molecule has 1 unspecified atom stereocenters. The molecule has 1 fully saturated rings. The molecule has 49 heavy (non-hydrogen) atoms. The maximum absolute atomic E-state index is 14.0. The molecule has 5 rings (SSSR count). The number of hydrogen-bond donors (Lipinski definition) is 1. The summed E-state index contributed by atoms with van der Waals surface area (Å²) < 4.78 is 0. The van der Waals surface area contributed by atoms with Gasteiger partial charge in [0.1, 0.15) is 0 Å². The minimum absolute atomic E-state index is 0.0522. The van der Waals surface area contributed by atoms with Crippen LogP contribution in [0, 0.1) is 0 Å². The molecule has 6 nitrogen and oxygen atoms in total. The van der Waals surface area contributed by atoms with Gasteiger partial charge in [0, 0.05) is 71.2 Å². The van der Waals surface area contributed by atoms with E-state index in [0.717, 1.165) is 50.1 Å². The third kappa shape index (κ3) is 10.9. The van der Waals surface area contributed by atoms with Crippen molar-refractivity contribution in [3.05, 3.63) is 139 Å². The maximum atomic E-state index is 14.0. The zero-order valence-corrected chi connectivity index (χ0v) is 30.4. The average Bonchev–Trinajstić information content (AvgIpc) is 3.08. The number of hydrogen-bond acceptors (Lipinski definition) is 4. The number of carbonyl (C=O) groups is 2. The van der Waals surface area contributed by atoms with Gasteiger partial charge in [-0.25, -0.2) is 0 Å². The summed E-state index contributed by atoms with van der Waals surface area (Å²) in [6, 6.07) is 32.0. The molecule has 1 saturated heterocycles. The molecule has 0 radical (unpaired) electrons. The fourth-order valence-electron chi connectivity index (χ4n) is 6.63. The second kappa shape index (κ2) is 18.2. The van der Waals surface area contributed by atoms with Crippen molar-refractivity contribution in [2.75, 3.05) is 45.8 Å². The normalized spacial score (nSPS) is 15.4. The average molecular weight is 741 g/mol. The first-order valence-corrected chi connectivity index (χ1v) is 18.2. The van der Waals surface area contributed by atoms with Gasteiger partial charge in [-0.3, -0.25) is 14.5 Å². The lowest BCUT2D eigenvalue weighted by molar-refractivity contribution is -0.136. The molecule has 2 N–H and O–H groups in total. The van der Waals surface area contributed by atoms with Crippen molar-refractivity contribution in [2.45, 2.75) is 37.6 Å². The first-order chi connectivity index (χ1) is 23.7. The Bertz CT molecular complexity index is 1650. The second-order valence-corrected chi connectivity index (χ2v) is 14.3. The Morgan fingerprint density at radius 1 is 0.755 bits per heavy atom. The van der Waals surface area contributed by atoms with Crippen LogP contribution in [0.3, 0.4) is 0 Å². The molecule has 1 atom stereocenters. The largest absolute Gasteiger partial charge is 0.368 e. The highest BCUT2D eigenvalue weighted by Gasteiger charge is 2.31. The quantitative estimate of drug-likeness (QED) is 0.134. The van der Waals surface area contributed by atoms with Gasteiger partial charge in [0.05, 0.1) is 6.54 Å². The van der Waals surface area contributed by atoms with E-state index in [1.807, 2.05) is 30.3 Å². The summed E-state index contributed by atoms with van der Waals surface area (Å²) in [5.41, 5.74) is 10.1. The number of nitrogens with zero attached hydrogens (tertiary/aromatic N) is 3. The second-order valence-electron chi connectivity index (χ2n) is 12.6. The molecule has 2 amide bonds. The monoisotopic (exact) mass is 738 g/mol. The third-order valence-electron chi connectivity index (χ3n) is 9.29. The first-order valence-electron chi connectivity index (χ1n) is 16.7. The molecule has 1 heterocycles. The summed E-state index contributed by atoms with van der Waals surface area (Å²) in [6.07, 6.45) is 2.42. The molecule has 0 saturated carbocycles. The molecule has 0 aromatic heterocycles. The van der Waals surface area contributed by atoms with Crippen molar-refractivity contribution in [3.8, 4) is 0 Å². The minimum Gasteiger partial charge on any atom is -0.368 e. The van der Waals surface area contributed by atoms with Crippen molar-refractivity contribution in [2.24, 2.45) is 5.73 Å². The molecule has 10 heteroatoms. The van der Waals surface area contributed by atoms with E-state index in [-0.39, 0.29) is 30.8 Å². The topological polar surface area (TPSA) is 69.9 Å². The zero-order valence-electron chi connectivity index (χ0n) is 27.4. The summed E-state index contributed by atoms with van der Waals surface area (Å²) >= 11 is 25.1. The Hall–Kier alpha value is -3.10. The standard InChI is InChI=1S/C39H42Cl4N4O2/c40-32-13-11-30(36(42)23-32)15-18-45-21-22-46(20-17-35(28-7-3-1-4-8-28)29-9-5-2-6-10-29)34(26-45)25-39(49)47(27-38(44)48)19-16-31-12-14-33(41)24-37(31)43/h1-14,23-24,34-35H,15-22,25-27H2,(H2,44,48). The maximum Gasteiger partial charge on any atom is 0.237 e. The van der Waals surface area contributed by atoms with Crippen LogP contribution in [0.2, 0.25) is 20.1 Å². The predicted molar refractivity (Wildman–Crippen MR) is 202 cm³/mol. The van der Waals surface area contributed by atoms with Crippen molar-refractivity contribution in [1.82, 2.24) is 14.7 Å². The van der Waals surface area contributed by atoms with Crippen LogP contribution in [-0.2, 0) is 22.4 Å². The number of piperazine rings is 1. The fourth-order valence-corrected chi connectivity index (χ4v) is 7.64. The highest BCUT2D eigenvalue weighted by atomic mass is 35.5. The van der Waals surface area contributed by atoms with E-state index in [1.54, 1.807) is 23.1 Å². The third-order valence-corrected chi connectivity index (χ3v) is 10.5. The summed E-state index contributed by atoms with van der Waals surface area (Å²) in [7, 11) is 0. The Morgan fingerprint density at radius 2 is 1.33 bits per heavy atom. The highest BCUT2D eigenvalue weighted by molar-refractivity contribution is 6.35. The number of rotatable bonds is 15. The first kappa shape index (κ1) is 37.2. The molecular weight excluding hydrogens is 698 g/mol. The number of primary amides is 1. The van der Waals surface area contributed by atoms with Gasteiger partial charge in [0.15, 0.2) is 0 Å². The molecule has 4 aromatic rings. The summed E-state index contributed by atoms with van der Waals surface area (Å²) in [6.45, 7) is 4.19. The highest BCUT2D eigenvalue weighted by Crippen LogP contribution is 2.30. The Balaban J connectivity index is 1.32. The van der Waals surface area contributed by atoms with E-state index < -0.39 is 5.91 Å². The van der Waals surface area contributed by atoms with Gasteiger partial charge in [0.2, 0.25) is 11.8 Å². The van der Waals surface area contributed by atoms with Crippen molar-refractivity contribution in [3.63, 3.8) is 0 Å². The van der Waals surface area contributed by atoms with Crippen LogP contribution in [0.5, 0.6) is 0 Å². The van der Waals surface area contributed by atoms with Gasteiger partial charge in [0.25, 0.3) is 0 Å². The Kier molecular flexibility index (Phi) is 13.8. The van der Waals surface area contributed by atoms with Crippen molar-refractivity contribution in [1.29, 1.82) is 0 Å². The smallest absolute Gasteiger partial charge is 0.237 e. The van der Waals surface area contributed by atoms with E-state index in [2.05, 4.69) is 58.3 Å². The summed E-state index contributed by atoms with van der Waals surface area (Å²) in [5, 5.41) is 2.35. The molecule has 258 valence electrons. The number of halogens is 4. The van der Waals surface area contributed by atoms with Gasteiger partial charge in [-0.05, 0) is 72.3 Å². The van der Waals surface area contributed by atoms with Crippen LogP contribution in [0.1, 0.15) is 41.0 Å². The molecule has 1 aliphatic heterocycles. The predicted octanol–water partition coefficient (Wildman–Crippen LogP) is 8.00. The van der Waals surface area contributed by atoms with Crippen molar-refractivity contribution < 1.29 is 9.59 Å². The van der Waals surface area contributed by atoms with Gasteiger partial charge in [-0.1, -0.05) is 119 Å². The lowest BCUT2D eigenvalue weighted by Crippen LogP contribution is -2.55. The van der Waals surface area contributed by atoms with Crippen molar-refractivity contribution >= 4 is 58.2 Å². The van der Waals surface area contributed by atoms with E-state index in [1.165, 1.54) is 11.1 Å². The van der Waals surface area contributed by atoms with Crippen LogP contribution in [-0.4, -0.2) is 78.4 Å². The Morgan fingerprint density at radius 3 is 1.88 bits per heavy atom. The van der Waals surface area contributed by atoms with Crippen LogP contribution in [0.4, 0.5) is 0 Å². The van der Waals surface area contributed by atoms with Gasteiger partial charge >= 0.3 is 0 Å². The fraction of sp³-hybridized carbons (Fsp3) is 0.333. The number of nitrogens with two attached hydrogens (primary N) is 1. The van der Waals surface area contributed by atoms with Gasteiger partial charge < -0.3 is 15.5 Å².